The average molecular weight is 357 g/mol. The molecule has 0 saturated heterocycles. The van der Waals surface area contributed by atoms with E-state index in [0.717, 1.165) is 43.6 Å². The summed E-state index contributed by atoms with van der Waals surface area (Å²) in [6.45, 7) is 8.21. The van der Waals surface area contributed by atoms with Crippen molar-refractivity contribution in [3.63, 3.8) is 0 Å². The van der Waals surface area contributed by atoms with Crippen LogP contribution in [0.3, 0.4) is 0 Å². The van der Waals surface area contributed by atoms with E-state index >= 15 is 0 Å². The molecule has 0 radical (unpaired) electrons. The van der Waals surface area contributed by atoms with Crippen molar-refractivity contribution in [3.8, 4) is 5.75 Å². The van der Waals surface area contributed by atoms with Crippen LogP contribution in [-0.2, 0) is 17.6 Å². The van der Waals surface area contributed by atoms with Gasteiger partial charge >= 0.3 is 0 Å². The minimum absolute atomic E-state index is 0.666. The van der Waals surface area contributed by atoms with Gasteiger partial charge in [-0.25, -0.2) is 0 Å². The first-order valence-electron chi connectivity index (χ1n) is 7.91. The molecule has 0 fully saturated rings. The molecular formula is C18H29BrO2. The van der Waals surface area contributed by atoms with E-state index in [0.29, 0.717) is 11.8 Å². The number of methoxy groups -OCH3 is 1. The molecule has 0 aliphatic rings. The average Bonchev–Trinajstić information content (AvgIpc) is 2.49. The monoisotopic (exact) mass is 356 g/mol. The summed E-state index contributed by atoms with van der Waals surface area (Å²) in [6.07, 6.45) is 3.03. The highest BCUT2D eigenvalue weighted by molar-refractivity contribution is 9.09. The summed E-state index contributed by atoms with van der Waals surface area (Å²) in [5, 5.41) is 1.05. The largest absolute Gasteiger partial charge is 0.493 e. The molecule has 1 aromatic rings. The van der Waals surface area contributed by atoms with Gasteiger partial charge in [-0.1, -0.05) is 48.8 Å². The van der Waals surface area contributed by atoms with Crippen LogP contribution in [0.4, 0.5) is 0 Å². The Morgan fingerprint density at radius 2 is 1.95 bits per heavy atom. The number of hydrogen-bond acceptors (Lipinski definition) is 2. The Bertz CT molecular complexity index is 404. The Balaban J connectivity index is 2.74. The van der Waals surface area contributed by atoms with Gasteiger partial charge in [0, 0.05) is 25.5 Å². The second kappa shape index (κ2) is 10.2. The first-order chi connectivity index (χ1) is 10.1. The maximum Gasteiger partial charge on any atom is 0.122 e. The zero-order chi connectivity index (χ0) is 15.7. The fourth-order valence-corrected chi connectivity index (χ4v) is 3.29. The lowest BCUT2D eigenvalue weighted by molar-refractivity contribution is 0.172. The van der Waals surface area contributed by atoms with E-state index in [9.17, 15) is 0 Å². The van der Waals surface area contributed by atoms with Crippen LogP contribution in [0.1, 0.15) is 38.3 Å². The molecule has 0 heterocycles. The van der Waals surface area contributed by atoms with Crippen LogP contribution in [0.15, 0.2) is 18.2 Å². The molecule has 120 valence electrons. The Morgan fingerprint density at radius 1 is 1.19 bits per heavy atom. The molecule has 0 amide bonds. The number of aryl methyl sites for hydroxylation is 1. The molecule has 0 aliphatic heterocycles. The summed E-state index contributed by atoms with van der Waals surface area (Å²) in [7, 11) is 1.73. The molecule has 1 rings (SSSR count). The number of ether oxygens (including phenoxy) is 2. The summed E-state index contributed by atoms with van der Waals surface area (Å²) in [6, 6.07) is 6.69. The molecule has 21 heavy (non-hydrogen) atoms. The van der Waals surface area contributed by atoms with Gasteiger partial charge in [0.05, 0.1) is 6.61 Å². The summed E-state index contributed by atoms with van der Waals surface area (Å²) in [5.41, 5.74) is 2.66. The lowest BCUT2D eigenvalue weighted by Crippen LogP contribution is -2.13. The summed E-state index contributed by atoms with van der Waals surface area (Å²) in [5.74, 6) is 2.39. The third kappa shape index (κ3) is 6.39. The van der Waals surface area contributed by atoms with E-state index in [4.69, 9.17) is 9.47 Å². The van der Waals surface area contributed by atoms with Crippen LogP contribution >= 0.6 is 15.9 Å². The topological polar surface area (TPSA) is 18.5 Å². The molecule has 1 atom stereocenters. The van der Waals surface area contributed by atoms with Crippen molar-refractivity contribution in [2.24, 2.45) is 11.8 Å². The fraction of sp³-hybridized carbons (Fsp3) is 0.667. The molecule has 0 N–H and O–H groups in total. The third-order valence-corrected chi connectivity index (χ3v) is 4.73. The van der Waals surface area contributed by atoms with Gasteiger partial charge in [-0.05, 0) is 41.9 Å². The molecule has 0 unspecified atom stereocenters. The summed E-state index contributed by atoms with van der Waals surface area (Å²) in [4.78, 5) is 0. The second-order valence-electron chi connectivity index (χ2n) is 5.85. The molecule has 0 bridgehead atoms. The highest BCUT2D eigenvalue weighted by Crippen LogP contribution is 2.25. The van der Waals surface area contributed by atoms with E-state index in [1.807, 2.05) is 0 Å². The zero-order valence-corrected chi connectivity index (χ0v) is 15.4. The maximum absolute atomic E-state index is 5.95. The van der Waals surface area contributed by atoms with Crippen LogP contribution in [0, 0.1) is 11.8 Å². The number of halogens is 1. The molecule has 0 aromatic heterocycles. The molecule has 0 aliphatic carbocycles. The van der Waals surface area contributed by atoms with Crippen LogP contribution in [0.5, 0.6) is 5.75 Å². The summed E-state index contributed by atoms with van der Waals surface area (Å²) < 4.78 is 11.0. The minimum atomic E-state index is 0.666. The first kappa shape index (κ1) is 18.5. The second-order valence-corrected chi connectivity index (χ2v) is 6.50. The predicted molar refractivity (Wildman–Crippen MR) is 93.6 cm³/mol. The molecule has 2 nitrogen and oxygen atoms in total. The third-order valence-electron chi connectivity index (χ3n) is 3.90. The van der Waals surface area contributed by atoms with Crippen LogP contribution < -0.4 is 4.74 Å². The van der Waals surface area contributed by atoms with Crippen molar-refractivity contribution >= 4 is 15.9 Å². The summed E-state index contributed by atoms with van der Waals surface area (Å²) >= 11 is 3.63. The Labute approximate surface area is 138 Å². The van der Waals surface area contributed by atoms with Gasteiger partial charge in [0.15, 0.2) is 0 Å². The van der Waals surface area contributed by atoms with Gasteiger partial charge in [-0.3, -0.25) is 0 Å². The van der Waals surface area contributed by atoms with E-state index < -0.39 is 0 Å². The van der Waals surface area contributed by atoms with Crippen molar-refractivity contribution in [1.82, 2.24) is 0 Å². The lowest BCUT2D eigenvalue weighted by Gasteiger charge is -2.19. The Kier molecular flexibility index (Phi) is 9.02. The zero-order valence-electron chi connectivity index (χ0n) is 13.8. The number of hydrogen-bond donors (Lipinski definition) is 0. The number of benzene rings is 1. The van der Waals surface area contributed by atoms with Crippen molar-refractivity contribution in [1.29, 1.82) is 0 Å². The first-order valence-corrected chi connectivity index (χ1v) is 9.04. The van der Waals surface area contributed by atoms with Crippen LogP contribution in [-0.4, -0.2) is 25.7 Å². The van der Waals surface area contributed by atoms with Crippen LogP contribution in [0.25, 0.3) is 0 Å². The minimum Gasteiger partial charge on any atom is -0.493 e. The van der Waals surface area contributed by atoms with Gasteiger partial charge in [0.2, 0.25) is 0 Å². The lowest BCUT2D eigenvalue weighted by atomic mass is 9.90. The quantitative estimate of drug-likeness (QED) is 0.439. The van der Waals surface area contributed by atoms with E-state index in [2.05, 4.69) is 54.9 Å². The predicted octanol–water partition coefficient (Wildman–Crippen LogP) is 4.87. The van der Waals surface area contributed by atoms with Crippen molar-refractivity contribution in [2.45, 2.75) is 40.0 Å². The molecule has 0 spiro atoms. The fourth-order valence-electron chi connectivity index (χ4n) is 2.31. The molecule has 3 heteroatoms. The Morgan fingerprint density at radius 3 is 2.52 bits per heavy atom. The SMILES string of the molecule is CCc1ccc(C[C@@H](CBr)C(C)C)cc1OCCCOC. The van der Waals surface area contributed by atoms with Crippen molar-refractivity contribution in [3.05, 3.63) is 29.3 Å². The molecular weight excluding hydrogens is 328 g/mol. The number of rotatable bonds is 10. The van der Waals surface area contributed by atoms with Crippen LogP contribution in [0.2, 0.25) is 0 Å². The maximum atomic E-state index is 5.95. The molecule has 1 aromatic carbocycles. The van der Waals surface area contributed by atoms with Gasteiger partial charge < -0.3 is 9.47 Å². The van der Waals surface area contributed by atoms with Gasteiger partial charge in [0.1, 0.15) is 5.75 Å². The van der Waals surface area contributed by atoms with E-state index in [1.165, 1.54) is 11.1 Å². The van der Waals surface area contributed by atoms with Crippen molar-refractivity contribution < 1.29 is 9.47 Å². The number of alkyl halides is 1. The van der Waals surface area contributed by atoms with Gasteiger partial charge in [-0.15, -0.1) is 0 Å². The standard InChI is InChI=1S/C18H29BrO2/c1-5-16-8-7-15(11-17(13-19)14(2)3)12-18(16)21-10-6-9-20-4/h7-8,12,14,17H,5-6,9-11,13H2,1-4H3/t17-/m0/s1. The Hall–Kier alpha value is -0.540. The smallest absolute Gasteiger partial charge is 0.122 e. The molecule has 0 saturated carbocycles. The van der Waals surface area contributed by atoms with E-state index in [1.54, 1.807) is 7.11 Å². The normalized spacial score (nSPS) is 12.7. The highest BCUT2D eigenvalue weighted by Gasteiger charge is 2.14. The highest BCUT2D eigenvalue weighted by atomic mass is 79.9. The van der Waals surface area contributed by atoms with E-state index in [-0.39, 0.29) is 0 Å². The van der Waals surface area contributed by atoms with Crippen molar-refractivity contribution in [2.75, 3.05) is 25.7 Å². The van der Waals surface area contributed by atoms with Gasteiger partial charge in [0.25, 0.3) is 0 Å². The van der Waals surface area contributed by atoms with Gasteiger partial charge in [-0.2, -0.15) is 0 Å².